The summed E-state index contributed by atoms with van der Waals surface area (Å²) in [5.41, 5.74) is 8.84. The highest BCUT2D eigenvalue weighted by molar-refractivity contribution is 5.91. The highest BCUT2D eigenvalue weighted by atomic mass is 16.5. The first kappa shape index (κ1) is 16.4. The maximum atomic E-state index is 12.1. The van der Waals surface area contributed by atoms with Gasteiger partial charge in [-0.05, 0) is 54.1 Å². The number of amides is 1. The second-order valence-corrected chi connectivity index (χ2v) is 5.49. The number of nitrogens with one attached hydrogen (secondary N) is 1. The van der Waals surface area contributed by atoms with Crippen LogP contribution in [0.5, 0.6) is 5.75 Å². The standard InChI is InChI=1S/C17H18N6O2/c1-11-3-6-13(9-15(11)18)19-16(24)10-23-21-17(20-22-23)12-4-7-14(25-2)8-5-12/h3-9H,10,18H2,1-2H3,(H,19,24). The zero-order valence-corrected chi connectivity index (χ0v) is 13.9. The van der Waals surface area contributed by atoms with E-state index in [4.69, 9.17) is 10.5 Å². The van der Waals surface area contributed by atoms with Crippen LogP contribution in [0.25, 0.3) is 11.4 Å². The lowest BCUT2D eigenvalue weighted by Gasteiger charge is -2.06. The van der Waals surface area contributed by atoms with Crippen LogP contribution < -0.4 is 15.8 Å². The van der Waals surface area contributed by atoms with E-state index in [9.17, 15) is 4.79 Å². The van der Waals surface area contributed by atoms with E-state index in [1.165, 1.54) is 4.80 Å². The summed E-state index contributed by atoms with van der Waals surface area (Å²) in [4.78, 5) is 13.4. The first-order chi connectivity index (χ1) is 12.0. The number of nitrogens with two attached hydrogens (primary N) is 1. The predicted molar refractivity (Wildman–Crippen MR) is 94.0 cm³/mol. The molecule has 0 radical (unpaired) electrons. The van der Waals surface area contributed by atoms with Gasteiger partial charge in [0.2, 0.25) is 11.7 Å². The summed E-state index contributed by atoms with van der Waals surface area (Å²) >= 11 is 0. The number of carbonyl (C=O) groups excluding carboxylic acids is 1. The van der Waals surface area contributed by atoms with Crippen molar-refractivity contribution in [2.75, 3.05) is 18.2 Å². The summed E-state index contributed by atoms with van der Waals surface area (Å²) in [5.74, 6) is 0.921. The number of tetrazole rings is 1. The molecule has 0 aliphatic rings. The number of hydrogen-bond donors (Lipinski definition) is 2. The van der Waals surface area contributed by atoms with E-state index in [2.05, 4.69) is 20.7 Å². The van der Waals surface area contributed by atoms with E-state index in [0.717, 1.165) is 16.9 Å². The van der Waals surface area contributed by atoms with Crippen LogP contribution >= 0.6 is 0 Å². The number of methoxy groups -OCH3 is 1. The summed E-state index contributed by atoms with van der Waals surface area (Å²) in [7, 11) is 1.60. The van der Waals surface area contributed by atoms with Crippen LogP contribution in [0.4, 0.5) is 11.4 Å². The number of benzene rings is 2. The number of rotatable bonds is 5. The number of ether oxygens (including phenoxy) is 1. The number of nitrogen functional groups attached to an aromatic ring is 1. The minimum absolute atomic E-state index is 0.0447. The van der Waals surface area contributed by atoms with Crippen LogP contribution in [0.15, 0.2) is 42.5 Å². The van der Waals surface area contributed by atoms with E-state index in [1.807, 2.05) is 37.3 Å². The highest BCUT2D eigenvalue weighted by Crippen LogP contribution is 2.19. The normalized spacial score (nSPS) is 10.5. The molecule has 1 heterocycles. The Kier molecular flexibility index (Phi) is 4.60. The third-order valence-corrected chi connectivity index (χ3v) is 3.65. The first-order valence-electron chi connectivity index (χ1n) is 7.63. The minimum atomic E-state index is -0.262. The number of carbonyl (C=O) groups is 1. The Labute approximate surface area is 144 Å². The van der Waals surface area contributed by atoms with Crippen LogP contribution in [0.3, 0.4) is 0 Å². The average molecular weight is 338 g/mol. The number of aryl methyl sites for hydroxylation is 1. The lowest BCUT2D eigenvalue weighted by Crippen LogP contribution is -2.20. The van der Waals surface area contributed by atoms with Gasteiger partial charge in [-0.3, -0.25) is 4.79 Å². The molecule has 8 nitrogen and oxygen atoms in total. The molecule has 0 bridgehead atoms. The van der Waals surface area contributed by atoms with Crippen molar-refractivity contribution in [3.8, 4) is 17.1 Å². The molecule has 0 atom stereocenters. The molecule has 3 N–H and O–H groups in total. The van der Waals surface area contributed by atoms with Crippen LogP contribution in [0.1, 0.15) is 5.56 Å². The number of anilines is 2. The van der Waals surface area contributed by atoms with Crippen molar-refractivity contribution in [3.63, 3.8) is 0 Å². The van der Waals surface area contributed by atoms with Crippen LogP contribution in [-0.2, 0) is 11.3 Å². The summed E-state index contributed by atoms with van der Waals surface area (Å²) < 4.78 is 5.11. The summed E-state index contributed by atoms with van der Waals surface area (Å²) in [6.45, 7) is 1.86. The fraction of sp³-hybridized carbons (Fsp3) is 0.176. The number of aromatic nitrogens is 4. The van der Waals surface area contributed by atoms with Gasteiger partial charge >= 0.3 is 0 Å². The van der Waals surface area contributed by atoms with Crippen LogP contribution in [-0.4, -0.2) is 33.2 Å². The Balaban J connectivity index is 1.65. The Hall–Kier alpha value is -3.42. The van der Waals surface area contributed by atoms with Gasteiger partial charge in [0.05, 0.1) is 7.11 Å². The molecule has 1 aromatic heterocycles. The third kappa shape index (κ3) is 3.92. The maximum Gasteiger partial charge on any atom is 0.248 e. The van der Waals surface area contributed by atoms with Crippen LogP contribution in [0, 0.1) is 6.92 Å². The van der Waals surface area contributed by atoms with Gasteiger partial charge in [0, 0.05) is 16.9 Å². The molecule has 2 aromatic carbocycles. The van der Waals surface area contributed by atoms with Crippen molar-refractivity contribution >= 4 is 17.3 Å². The maximum absolute atomic E-state index is 12.1. The second-order valence-electron chi connectivity index (χ2n) is 5.49. The fourth-order valence-corrected chi connectivity index (χ4v) is 2.21. The van der Waals surface area contributed by atoms with Gasteiger partial charge in [-0.1, -0.05) is 6.07 Å². The molecule has 0 aliphatic carbocycles. The topological polar surface area (TPSA) is 108 Å². The minimum Gasteiger partial charge on any atom is -0.497 e. The average Bonchev–Trinajstić information content (AvgIpc) is 3.06. The van der Waals surface area contributed by atoms with Crippen molar-refractivity contribution in [1.82, 2.24) is 20.2 Å². The summed E-state index contributed by atoms with van der Waals surface area (Å²) in [6.07, 6.45) is 0. The van der Waals surface area contributed by atoms with Gasteiger partial charge in [-0.25, -0.2) is 0 Å². The third-order valence-electron chi connectivity index (χ3n) is 3.65. The summed E-state index contributed by atoms with van der Waals surface area (Å²) in [6, 6.07) is 12.6. The van der Waals surface area contributed by atoms with Gasteiger partial charge < -0.3 is 15.8 Å². The Morgan fingerprint density at radius 1 is 1.24 bits per heavy atom. The van der Waals surface area contributed by atoms with Crippen molar-refractivity contribution in [2.24, 2.45) is 0 Å². The molecule has 0 unspecified atom stereocenters. The smallest absolute Gasteiger partial charge is 0.248 e. The molecule has 0 saturated heterocycles. The number of hydrogen-bond acceptors (Lipinski definition) is 6. The van der Waals surface area contributed by atoms with Gasteiger partial charge in [-0.15, -0.1) is 10.2 Å². The monoisotopic (exact) mass is 338 g/mol. The van der Waals surface area contributed by atoms with E-state index in [0.29, 0.717) is 17.2 Å². The van der Waals surface area contributed by atoms with E-state index >= 15 is 0 Å². The van der Waals surface area contributed by atoms with Gasteiger partial charge in [0.1, 0.15) is 12.3 Å². The number of nitrogens with zero attached hydrogens (tertiary/aromatic N) is 4. The molecule has 128 valence electrons. The van der Waals surface area contributed by atoms with Crippen molar-refractivity contribution < 1.29 is 9.53 Å². The Bertz CT molecular complexity index is 888. The SMILES string of the molecule is COc1ccc(-c2nnn(CC(=O)Nc3ccc(C)c(N)c3)n2)cc1. The van der Waals surface area contributed by atoms with E-state index in [1.54, 1.807) is 19.2 Å². The zero-order chi connectivity index (χ0) is 17.8. The molecule has 8 heteroatoms. The first-order valence-corrected chi connectivity index (χ1v) is 7.63. The largest absolute Gasteiger partial charge is 0.497 e. The molecular formula is C17H18N6O2. The molecular weight excluding hydrogens is 320 g/mol. The van der Waals surface area contributed by atoms with Crippen molar-refractivity contribution in [3.05, 3.63) is 48.0 Å². The van der Waals surface area contributed by atoms with Crippen molar-refractivity contribution in [2.45, 2.75) is 13.5 Å². The molecule has 3 aromatic rings. The van der Waals surface area contributed by atoms with Gasteiger partial charge in [0.25, 0.3) is 0 Å². The Morgan fingerprint density at radius 2 is 2.00 bits per heavy atom. The molecule has 25 heavy (non-hydrogen) atoms. The molecule has 3 rings (SSSR count). The quantitative estimate of drug-likeness (QED) is 0.688. The molecule has 0 saturated carbocycles. The Morgan fingerprint density at radius 3 is 2.68 bits per heavy atom. The van der Waals surface area contributed by atoms with Gasteiger partial charge in [0.15, 0.2) is 0 Å². The van der Waals surface area contributed by atoms with E-state index in [-0.39, 0.29) is 12.5 Å². The fourth-order valence-electron chi connectivity index (χ4n) is 2.21. The summed E-state index contributed by atoms with van der Waals surface area (Å²) in [5, 5.41) is 14.9. The lowest BCUT2D eigenvalue weighted by atomic mass is 10.2. The lowest BCUT2D eigenvalue weighted by molar-refractivity contribution is -0.117. The van der Waals surface area contributed by atoms with Crippen molar-refractivity contribution in [1.29, 1.82) is 0 Å². The molecule has 0 aliphatic heterocycles. The zero-order valence-electron chi connectivity index (χ0n) is 13.9. The molecule has 0 spiro atoms. The van der Waals surface area contributed by atoms with E-state index < -0.39 is 0 Å². The second kappa shape index (κ2) is 7.00. The molecule has 0 fully saturated rings. The highest BCUT2D eigenvalue weighted by Gasteiger charge is 2.10. The predicted octanol–water partition coefficient (Wildman–Crippen LogP) is 1.88. The van der Waals surface area contributed by atoms with Crippen LogP contribution in [0.2, 0.25) is 0 Å². The van der Waals surface area contributed by atoms with Gasteiger partial charge in [-0.2, -0.15) is 4.80 Å². The molecule has 1 amide bonds.